The molecule has 0 aromatic heterocycles. The van der Waals surface area contributed by atoms with Crippen molar-refractivity contribution >= 4 is 17.6 Å². The molecule has 0 saturated heterocycles. The van der Waals surface area contributed by atoms with Gasteiger partial charge in [-0.2, -0.15) is 0 Å². The second kappa shape index (κ2) is 6.71. The zero-order valence-corrected chi connectivity index (χ0v) is 15.0. The van der Waals surface area contributed by atoms with Gasteiger partial charge in [-0.05, 0) is 44.5 Å². The quantitative estimate of drug-likeness (QED) is 0.858. The summed E-state index contributed by atoms with van der Waals surface area (Å²) in [5.74, 6) is -0.213. The Morgan fingerprint density at radius 3 is 2.77 bits per heavy atom. The number of ether oxygens (including phenoxy) is 2. The molecule has 0 fully saturated rings. The van der Waals surface area contributed by atoms with Gasteiger partial charge in [0.25, 0.3) is 5.91 Å². The molecule has 6 nitrogen and oxygen atoms in total. The van der Waals surface area contributed by atoms with Crippen molar-refractivity contribution < 1.29 is 24.2 Å². The van der Waals surface area contributed by atoms with Crippen molar-refractivity contribution in [3.8, 4) is 11.5 Å². The third kappa shape index (κ3) is 3.79. The highest BCUT2D eigenvalue weighted by molar-refractivity contribution is 5.95. The molecule has 1 heterocycles. The number of rotatable bonds is 5. The molecule has 6 heteroatoms. The first-order valence-electron chi connectivity index (χ1n) is 8.33. The number of aryl methyl sites for hydroxylation is 1. The normalized spacial score (nSPS) is 14.3. The van der Waals surface area contributed by atoms with E-state index in [4.69, 9.17) is 14.6 Å². The van der Waals surface area contributed by atoms with Gasteiger partial charge in [0.1, 0.15) is 5.60 Å². The number of nitrogens with one attached hydrogen (secondary N) is 1. The predicted molar refractivity (Wildman–Crippen MR) is 97.1 cm³/mol. The molecule has 1 aliphatic rings. The summed E-state index contributed by atoms with van der Waals surface area (Å²) in [5, 5.41) is 11.8. The lowest BCUT2D eigenvalue weighted by atomic mass is 10.0. The Labute approximate surface area is 151 Å². The largest absolute Gasteiger partial charge is 0.483 e. The number of carbonyl (C=O) groups excluding carboxylic acids is 1. The van der Waals surface area contributed by atoms with Crippen molar-refractivity contribution in [3.63, 3.8) is 0 Å². The molecule has 1 aliphatic heterocycles. The summed E-state index contributed by atoms with van der Waals surface area (Å²) in [6, 6.07) is 10.2. The molecule has 2 aromatic rings. The molecule has 0 aliphatic carbocycles. The summed E-state index contributed by atoms with van der Waals surface area (Å²) < 4.78 is 11.6. The van der Waals surface area contributed by atoms with Crippen molar-refractivity contribution in [2.75, 3.05) is 11.9 Å². The molecular formula is C20H21NO5. The Bertz CT molecular complexity index is 873. The molecule has 0 radical (unpaired) electrons. The van der Waals surface area contributed by atoms with Crippen LogP contribution in [0.2, 0.25) is 0 Å². The van der Waals surface area contributed by atoms with E-state index in [0.717, 1.165) is 17.5 Å². The van der Waals surface area contributed by atoms with E-state index in [-0.39, 0.29) is 23.7 Å². The third-order valence-corrected chi connectivity index (χ3v) is 4.17. The van der Waals surface area contributed by atoms with Crippen LogP contribution in [0.5, 0.6) is 11.5 Å². The van der Waals surface area contributed by atoms with Gasteiger partial charge in [0.05, 0.1) is 5.56 Å². The Balaban J connectivity index is 1.67. The maximum Gasteiger partial charge on any atom is 0.335 e. The van der Waals surface area contributed by atoms with E-state index in [0.29, 0.717) is 17.2 Å². The number of hydrogen-bond donors (Lipinski definition) is 2. The van der Waals surface area contributed by atoms with Crippen LogP contribution in [0.15, 0.2) is 36.4 Å². The summed E-state index contributed by atoms with van der Waals surface area (Å²) in [4.78, 5) is 23.3. The van der Waals surface area contributed by atoms with Crippen LogP contribution in [0, 0.1) is 6.92 Å². The Morgan fingerprint density at radius 2 is 2.04 bits per heavy atom. The monoisotopic (exact) mass is 355 g/mol. The topological polar surface area (TPSA) is 84.9 Å². The van der Waals surface area contributed by atoms with Crippen LogP contribution < -0.4 is 14.8 Å². The molecule has 26 heavy (non-hydrogen) atoms. The number of benzene rings is 2. The van der Waals surface area contributed by atoms with E-state index in [9.17, 15) is 9.59 Å². The minimum atomic E-state index is -1.05. The summed E-state index contributed by atoms with van der Waals surface area (Å²) >= 11 is 0. The number of anilines is 1. The Kier molecular flexibility index (Phi) is 4.59. The van der Waals surface area contributed by atoms with Crippen LogP contribution >= 0.6 is 0 Å². The van der Waals surface area contributed by atoms with Gasteiger partial charge in [0.2, 0.25) is 0 Å². The molecular weight excluding hydrogens is 334 g/mol. The lowest BCUT2D eigenvalue weighted by Gasteiger charge is -2.18. The number of fused-ring (bicyclic) bond motifs is 1. The lowest BCUT2D eigenvalue weighted by molar-refractivity contribution is -0.118. The van der Waals surface area contributed by atoms with Crippen LogP contribution in [0.4, 0.5) is 5.69 Å². The number of amides is 1. The average molecular weight is 355 g/mol. The lowest BCUT2D eigenvalue weighted by Crippen LogP contribution is -2.25. The zero-order chi connectivity index (χ0) is 18.9. The van der Waals surface area contributed by atoms with Crippen molar-refractivity contribution in [1.29, 1.82) is 0 Å². The number of hydrogen-bond acceptors (Lipinski definition) is 4. The van der Waals surface area contributed by atoms with Gasteiger partial charge in [-0.25, -0.2) is 4.79 Å². The van der Waals surface area contributed by atoms with E-state index < -0.39 is 5.97 Å². The molecule has 136 valence electrons. The van der Waals surface area contributed by atoms with Gasteiger partial charge in [-0.1, -0.05) is 18.2 Å². The maximum atomic E-state index is 12.2. The number of carbonyl (C=O) groups is 2. The van der Waals surface area contributed by atoms with Crippen LogP contribution in [0.25, 0.3) is 0 Å². The van der Waals surface area contributed by atoms with Crippen molar-refractivity contribution in [2.45, 2.75) is 32.8 Å². The highest BCUT2D eigenvalue weighted by Gasteiger charge is 2.32. The van der Waals surface area contributed by atoms with Gasteiger partial charge in [0.15, 0.2) is 18.1 Å². The minimum absolute atomic E-state index is 0.114. The fraction of sp³-hybridized carbons (Fsp3) is 0.300. The molecule has 3 rings (SSSR count). The molecule has 0 spiro atoms. The van der Waals surface area contributed by atoms with Crippen LogP contribution in [0.3, 0.4) is 0 Å². The number of carboxylic acid groups (broad SMARTS) is 1. The van der Waals surface area contributed by atoms with E-state index >= 15 is 0 Å². The molecule has 2 N–H and O–H groups in total. The number of aromatic carboxylic acids is 1. The minimum Gasteiger partial charge on any atom is -0.483 e. The zero-order valence-electron chi connectivity index (χ0n) is 15.0. The van der Waals surface area contributed by atoms with E-state index in [2.05, 4.69) is 5.32 Å². The maximum absolute atomic E-state index is 12.2. The van der Waals surface area contributed by atoms with Gasteiger partial charge in [-0.15, -0.1) is 0 Å². The second-order valence-electron chi connectivity index (χ2n) is 6.95. The predicted octanol–water partition coefficient (Wildman–Crippen LogP) is 3.42. The fourth-order valence-electron chi connectivity index (χ4n) is 2.92. The fourth-order valence-corrected chi connectivity index (χ4v) is 2.92. The summed E-state index contributed by atoms with van der Waals surface area (Å²) in [6.07, 6.45) is 0.785. The number of para-hydroxylation sites is 1. The summed E-state index contributed by atoms with van der Waals surface area (Å²) in [5.41, 5.74) is 2.10. The summed E-state index contributed by atoms with van der Waals surface area (Å²) in [7, 11) is 0. The van der Waals surface area contributed by atoms with Gasteiger partial charge in [0, 0.05) is 17.7 Å². The first-order valence-corrected chi connectivity index (χ1v) is 8.33. The average Bonchev–Trinajstić information content (AvgIpc) is 2.89. The first-order chi connectivity index (χ1) is 12.2. The van der Waals surface area contributed by atoms with E-state index in [1.54, 1.807) is 19.1 Å². The third-order valence-electron chi connectivity index (χ3n) is 4.17. The Hall–Kier alpha value is -3.02. The van der Waals surface area contributed by atoms with Crippen molar-refractivity contribution in [1.82, 2.24) is 0 Å². The van der Waals surface area contributed by atoms with Gasteiger partial charge < -0.3 is 19.9 Å². The van der Waals surface area contributed by atoms with E-state index in [1.807, 2.05) is 26.0 Å². The first kappa shape index (κ1) is 17.8. The smallest absolute Gasteiger partial charge is 0.335 e. The molecule has 0 unspecified atom stereocenters. The molecule has 1 amide bonds. The van der Waals surface area contributed by atoms with Crippen LogP contribution in [0.1, 0.15) is 35.3 Å². The van der Waals surface area contributed by atoms with Gasteiger partial charge in [-0.3, -0.25) is 4.79 Å². The molecule has 0 atom stereocenters. The van der Waals surface area contributed by atoms with Crippen LogP contribution in [-0.4, -0.2) is 29.2 Å². The standard InChI is InChI=1S/C20H21NO5/c1-12-7-8-13(19(23)24)9-15(12)21-17(22)11-25-16-6-4-5-14-10-20(2,3)26-18(14)16/h4-9H,10-11H2,1-3H3,(H,21,22)(H,23,24). The van der Waals surface area contributed by atoms with Gasteiger partial charge >= 0.3 is 5.97 Å². The number of carboxylic acids is 1. The molecule has 0 saturated carbocycles. The van der Waals surface area contributed by atoms with Crippen molar-refractivity contribution in [2.24, 2.45) is 0 Å². The summed E-state index contributed by atoms with van der Waals surface area (Å²) in [6.45, 7) is 5.60. The second-order valence-corrected chi connectivity index (χ2v) is 6.95. The Morgan fingerprint density at radius 1 is 1.27 bits per heavy atom. The SMILES string of the molecule is Cc1ccc(C(=O)O)cc1NC(=O)COc1cccc2c1OC(C)(C)C2. The van der Waals surface area contributed by atoms with Crippen LogP contribution in [-0.2, 0) is 11.2 Å². The van der Waals surface area contributed by atoms with Crippen molar-refractivity contribution in [3.05, 3.63) is 53.1 Å². The van der Waals surface area contributed by atoms with E-state index in [1.165, 1.54) is 12.1 Å². The molecule has 0 bridgehead atoms. The highest BCUT2D eigenvalue weighted by Crippen LogP contribution is 2.41. The molecule has 2 aromatic carbocycles. The highest BCUT2D eigenvalue weighted by atomic mass is 16.5.